The van der Waals surface area contributed by atoms with E-state index in [4.69, 9.17) is 25.3 Å². The first-order chi connectivity index (χ1) is 7.03. The van der Waals surface area contributed by atoms with Crippen LogP contribution in [0.1, 0.15) is 52.7 Å². The molecule has 0 saturated carbocycles. The molecule has 0 atom stereocenters. The maximum absolute atomic E-state index is 5.42. The highest BCUT2D eigenvalue weighted by Crippen LogP contribution is 2.33. The van der Waals surface area contributed by atoms with Crippen molar-refractivity contribution >= 4 is 25.3 Å². The Labute approximate surface area is 111 Å². The van der Waals surface area contributed by atoms with Gasteiger partial charge in [-0.25, -0.2) is 0 Å². The minimum atomic E-state index is 0.0614. The lowest BCUT2D eigenvalue weighted by molar-refractivity contribution is 0.555. The maximum atomic E-state index is 5.42. The second-order valence-corrected chi connectivity index (χ2v) is 7.20. The van der Waals surface area contributed by atoms with E-state index in [0.29, 0.717) is 0 Å². The first kappa shape index (κ1) is 13.7. The fourth-order valence-corrected chi connectivity index (χ4v) is 2.25. The molecule has 0 N–H and O–H groups in total. The molecule has 0 spiro atoms. The average Bonchev–Trinajstić information content (AvgIpc) is 2.05. The van der Waals surface area contributed by atoms with Gasteiger partial charge >= 0.3 is 0 Å². The molecule has 0 fully saturated rings. The fourth-order valence-electron chi connectivity index (χ4n) is 1.59. The summed E-state index contributed by atoms with van der Waals surface area (Å²) < 4.78 is 0. The van der Waals surface area contributed by atoms with Gasteiger partial charge in [0.15, 0.2) is 0 Å². The van der Waals surface area contributed by atoms with Crippen molar-refractivity contribution in [2.75, 3.05) is 0 Å². The van der Waals surface area contributed by atoms with Gasteiger partial charge in [0.05, 0.1) is 0 Å². The summed E-state index contributed by atoms with van der Waals surface area (Å²) in [5.74, 6) is 0. The third-order valence-electron chi connectivity index (χ3n) is 2.73. The van der Waals surface area contributed by atoms with Crippen LogP contribution in [0.5, 0.6) is 0 Å². The monoisotopic (exact) mass is 252 g/mol. The van der Waals surface area contributed by atoms with Gasteiger partial charge in [0.2, 0.25) is 0 Å². The Morgan fingerprint density at radius 1 is 0.812 bits per heavy atom. The van der Waals surface area contributed by atoms with Crippen molar-refractivity contribution in [2.24, 2.45) is 0 Å². The Bertz CT molecular complexity index is 392. The Hall–Kier alpha value is -0.340. The molecule has 0 radical (unpaired) electrons. The second kappa shape index (κ2) is 4.15. The van der Waals surface area contributed by atoms with E-state index in [9.17, 15) is 0 Å². The van der Waals surface area contributed by atoms with Crippen LogP contribution in [0.3, 0.4) is 0 Å². The Morgan fingerprint density at radius 3 is 1.69 bits per heavy atom. The van der Waals surface area contributed by atoms with Crippen LogP contribution in [0.4, 0.5) is 0 Å². The molecule has 2 heteroatoms. The average molecular weight is 252 g/mol. The van der Waals surface area contributed by atoms with E-state index >= 15 is 0 Å². The van der Waals surface area contributed by atoms with Crippen LogP contribution in [-0.4, -0.2) is 0 Å². The van der Waals surface area contributed by atoms with Crippen LogP contribution >= 0.6 is 0 Å². The fraction of sp³-hybridized carbons (Fsp3) is 0.571. The van der Waals surface area contributed by atoms with Crippen molar-refractivity contribution < 1.29 is 0 Å². The molecule has 0 aromatic heterocycles. The lowest BCUT2D eigenvalue weighted by Gasteiger charge is -2.35. The van der Waals surface area contributed by atoms with Gasteiger partial charge in [-0.1, -0.05) is 59.2 Å². The highest BCUT2D eigenvalue weighted by atomic mass is 32.1. The quantitative estimate of drug-likeness (QED) is 0.638. The van der Waals surface area contributed by atoms with Crippen molar-refractivity contribution in [3.63, 3.8) is 0 Å². The molecule has 1 aromatic rings. The Morgan fingerprint density at radius 2 is 1.31 bits per heavy atom. The molecule has 0 aliphatic heterocycles. The normalized spacial score (nSPS) is 12.9. The summed E-state index contributed by atoms with van der Waals surface area (Å²) in [6, 6.07) is 4.27. The van der Waals surface area contributed by atoms with Crippen LogP contribution in [0, 0.1) is 0 Å². The van der Waals surface area contributed by atoms with Crippen molar-refractivity contribution in [2.45, 2.75) is 62.2 Å². The van der Waals surface area contributed by atoms with E-state index in [1.807, 2.05) is 6.07 Å². The lowest BCUT2D eigenvalue weighted by Crippen LogP contribution is -2.18. The highest BCUT2D eigenvalue weighted by Gasteiger charge is 2.19. The summed E-state index contributed by atoms with van der Waals surface area (Å²) in [5, 5.41) is 0. The number of hydrogen-bond donors (Lipinski definition) is 0. The van der Waals surface area contributed by atoms with Crippen molar-refractivity contribution in [1.82, 2.24) is 0 Å². The van der Waals surface area contributed by atoms with Crippen LogP contribution in [0.25, 0.3) is 0 Å². The van der Waals surface area contributed by atoms with Gasteiger partial charge in [-0.15, -0.1) is 0 Å². The van der Waals surface area contributed by atoms with Gasteiger partial charge in [0.25, 0.3) is 0 Å². The minimum Gasteiger partial charge on any atom is -0.781 e. The molecule has 0 aliphatic carbocycles. The predicted molar refractivity (Wildman–Crippen MR) is 75.1 cm³/mol. The smallest absolute Gasteiger partial charge is 0.0132 e. The van der Waals surface area contributed by atoms with Crippen LogP contribution in [-0.2, 0) is 36.1 Å². The first-order valence-corrected chi connectivity index (χ1v) is 6.38. The van der Waals surface area contributed by atoms with Gasteiger partial charge in [-0.3, -0.25) is 0 Å². The maximum Gasteiger partial charge on any atom is -0.0132 e. The predicted octanol–water partition coefficient (Wildman–Crippen LogP) is 4.09. The topological polar surface area (TPSA) is 0 Å². The van der Waals surface area contributed by atoms with Gasteiger partial charge in [-0.2, -0.15) is 9.79 Å². The van der Waals surface area contributed by atoms with Gasteiger partial charge in [0, 0.05) is 0 Å². The second-order valence-electron chi connectivity index (χ2n) is 6.35. The molecule has 16 heavy (non-hydrogen) atoms. The SMILES string of the molecule is CC(C)(C)c1cc([S-])c([S-])c(C(C)(C)C)c1. The molecular weight excluding hydrogens is 232 g/mol. The molecule has 0 unspecified atom stereocenters. The minimum absolute atomic E-state index is 0.0614. The van der Waals surface area contributed by atoms with Crippen LogP contribution in [0.15, 0.2) is 21.9 Å². The third-order valence-corrected chi connectivity index (χ3v) is 3.62. The highest BCUT2D eigenvalue weighted by molar-refractivity contribution is 7.62. The van der Waals surface area contributed by atoms with E-state index in [1.54, 1.807) is 0 Å². The van der Waals surface area contributed by atoms with Gasteiger partial charge < -0.3 is 25.3 Å². The number of hydrogen-bond acceptors (Lipinski definition) is 2. The van der Waals surface area contributed by atoms with Crippen LogP contribution < -0.4 is 0 Å². The largest absolute Gasteiger partial charge is 0.781 e. The van der Waals surface area contributed by atoms with Crippen molar-refractivity contribution in [1.29, 1.82) is 0 Å². The standard InChI is InChI=1S/C14H22S2/c1-13(2,3)9-7-10(14(4,5)6)12(16)11(15)8-9/h7-8,15-16H,1-6H3/p-2. The van der Waals surface area contributed by atoms with E-state index in [0.717, 1.165) is 9.79 Å². The summed E-state index contributed by atoms with van der Waals surface area (Å²) in [4.78, 5) is 1.66. The lowest BCUT2D eigenvalue weighted by atomic mass is 9.81. The van der Waals surface area contributed by atoms with E-state index in [1.165, 1.54) is 11.1 Å². The molecule has 1 rings (SSSR count). The van der Waals surface area contributed by atoms with Gasteiger partial charge in [-0.05, 0) is 16.4 Å². The molecule has 0 nitrogen and oxygen atoms in total. The van der Waals surface area contributed by atoms with E-state index in [2.05, 4.69) is 47.6 Å². The summed E-state index contributed by atoms with van der Waals surface area (Å²) in [5.41, 5.74) is 2.65. The molecule has 0 aliphatic rings. The molecule has 90 valence electrons. The Balaban J connectivity index is 3.46. The first-order valence-electron chi connectivity index (χ1n) is 5.56. The number of rotatable bonds is 0. The zero-order chi connectivity index (χ0) is 12.7. The van der Waals surface area contributed by atoms with Crippen molar-refractivity contribution in [3.8, 4) is 0 Å². The van der Waals surface area contributed by atoms with Gasteiger partial charge in [0.1, 0.15) is 0 Å². The molecule has 0 amide bonds. The Kier molecular flexibility index (Phi) is 3.56. The summed E-state index contributed by atoms with van der Waals surface area (Å²) >= 11 is 10.8. The van der Waals surface area contributed by atoms with E-state index in [-0.39, 0.29) is 10.8 Å². The third kappa shape index (κ3) is 2.86. The van der Waals surface area contributed by atoms with Crippen LogP contribution in [0.2, 0.25) is 0 Å². The summed E-state index contributed by atoms with van der Waals surface area (Å²) in [6.07, 6.45) is 0. The van der Waals surface area contributed by atoms with E-state index < -0.39 is 0 Å². The molecule has 0 heterocycles. The molecular formula is C14H20S2-2. The molecule has 0 saturated heterocycles. The summed E-state index contributed by atoms with van der Waals surface area (Å²) in [7, 11) is 0. The summed E-state index contributed by atoms with van der Waals surface area (Å²) in [6.45, 7) is 13.1. The number of benzene rings is 1. The molecule has 0 bridgehead atoms. The molecule has 1 aromatic carbocycles. The zero-order valence-corrected chi connectivity index (χ0v) is 12.6. The van der Waals surface area contributed by atoms with Crippen molar-refractivity contribution in [3.05, 3.63) is 23.3 Å². The zero-order valence-electron chi connectivity index (χ0n) is 11.0.